The summed E-state index contributed by atoms with van der Waals surface area (Å²) >= 11 is 0. The minimum absolute atomic E-state index is 0.104. The van der Waals surface area contributed by atoms with Crippen molar-refractivity contribution in [3.8, 4) is 22.9 Å². The average molecular weight is 509 g/mol. The summed E-state index contributed by atoms with van der Waals surface area (Å²) in [4.78, 5) is 11.1. The number of ether oxygens (including phenoxy) is 1. The number of carbonyl (C=O) groups is 1. The van der Waals surface area contributed by atoms with Gasteiger partial charge in [-0.15, -0.1) is 0 Å². The van der Waals surface area contributed by atoms with Gasteiger partial charge in [-0.1, -0.05) is 25.1 Å². The molecule has 194 valence electrons. The lowest BCUT2D eigenvalue weighted by atomic mass is 9.93. The summed E-state index contributed by atoms with van der Waals surface area (Å²) in [6.07, 6.45) is -0.313. The van der Waals surface area contributed by atoms with Crippen molar-refractivity contribution in [2.45, 2.75) is 45.3 Å². The summed E-state index contributed by atoms with van der Waals surface area (Å²) in [5.74, 6) is -1.63. The van der Waals surface area contributed by atoms with Gasteiger partial charge in [0.2, 0.25) is 0 Å². The third-order valence-corrected chi connectivity index (χ3v) is 6.04. The SMILES string of the molecule is CCc1cc(F)c(CC(C)(C)NC[C@@H](O)COc2cc(-c3ccc(C(=O)O)cc3)ccc2C#N)cc1F. The fourth-order valence-corrected chi connectivity index (χ4v) is 3.93. The number of nitrogens with one attached hydrogen (secondary N) is 1. The van der Waals surface area contributed by atoms with Gasteiger partial charge in [0.05, 0.1) is 11.1 Å². The molecule has 0 bridgehead atoms. The largest absolute Gasteiger partial charge is 0.489 e. The van der Waals surface area contributed by atoms with Crippen molar-refractivity contribution in [2.75, 3.05) is 13.2 Å². The van der Waals surface area contributed by atoms with Gasteiger partial charge in [-0.3, -0.25) is 0 Å². The number of aliphatic hydroxyl groups excluding tert-OH is 1. The standard InChI is InChI=1S/C29H30F2N2O4/c1-4-18-11-26(31)23(12-25(18)30)14-29(2,3)33-16-24(34)17-37-27-13-21(9-10-22(27)15-32)19-5-7-20(8-6-19)28(35)36/h5-13,24,33-34H,4,14,16-17H2,1-3H3,(H,35,36)/t24-/m1/s1. The molecule has 3 aromatic rings. The number of halogens is 2. The molecular formula is C29H30F2N2O4. The van der Waals surface area contributed by atoms with Crippen LogP contribution in [-0.2, 0) is 12.8 Å². The van der Waals surface area contributed by atoms with Crippen LogP contribution in [0.5, 0.6) is 5.75 Å². The number of hydrogen-bond donors (Lipinski definition) is 3. The number of aliphatic hydroxyl groups is 1. The van der Waals surface area contributed by atoms with E-state index in [-0.39, 0.29) is 36.4 Å². The molecule has 0 aromatic heterocycles. The van der Waals surface area contributed by atoms with E-state index < -0.39 is 29.2 Å². The van der Waals surface area contributed by atoms with Gasteiger partial charge >= 0.3 is 5.97 Å². The molecule has 0 saturated carbocycles. The number of aromatic carboxylic acids is 1. The topological polar surface area (TPSA) is 103 Å². The zero-order valence-corrected chi connectivity index (χ0v) is 21.0. The van der Waals surface area contributed by atoms with Gasteiger partial charge in [0.1, 0.15) is 36.2 Å². The van der Waals surface area contributed by atoms with Crippen LogP contribution in [0.2, 0.25) is 0 Å². The third-order valence-electron chi connectivity index (χ3n) is 6.04. The van der Waals surface area contributed by atoms with Gasteiger partial charge < -0.3 is 20.3 Å². The minimum atomic E-state index is -1.02. The molecule has 0 unspecified atom stereocenters. The van der Waals surface area contributed by atoms with E-state index in [1.165, 1.54) is 24.3 Å². The van der Waals surface area contributed by atoms with Gasteiger partial charge in [-0.2, -0.15) is 5.26 Å². The quantitative estimate of drug-likeness (QED) is 0.333. The maximum Gasteiger partial charge on any atom is 0.335 e. The van der Waals surface area contributed by atoms with Crippen molar-refractivity contribution in [3.63, 3.8) is 0 Å². The predicted molar refractivity (Wildman–Crippen MR) is 137 cm³/mol. The van der Waals surface area contributed by atoms with Crippen molar-refractivity contribution < 1.29 is 28.5 Å². The van der Waals surface area contributed by atoms with Crippen LogP contribution in [0.3, 0.4) is 0 Å². The van der Waals surface area contributed by atoms with E-state index in [4.69, 9.17) is 9.84 Å². The monoisotopic (exact) mass is 508 g/mol. The number of nitriles is 1. The van der Waals surface area contributed by atoms with Crippen LogP contribution in [0.15, 0.2) is 54.6 Å². The molecule has 0 aliphatic heterocycles. The molecule has 3 rings (SSSR count). The molecule has 0 fully saturated rings. The lowest BCUT2D eigenvalue weighted by molar-refractivity contribution is 0.0697. The Kier molecular flexibility index (Phi) is 8.98. The Labute approximate surface area is 215 Å². The Morgan fingerprint density at radius 2 is 1.68 bits per heavy atom. The highest BCUT2D eigenvalue weighted by Crippen LogP contribution is 2.28. The van der Waals surface area contributed by atoms with Crippen molar-refractivity contribution >= 4 is 5.97 Å². The molecule has 0 spiro atoms. The lowest BCUT2D eigenvalue weighted by Gasteiger charge is -2.28. The van der Waals surface area contributed by atoms with Crippen LogP contribution >= 0.6 is 0 Å². The predicted octanol–water partition coefficient (Wildman–Crippen LogP) is 5.11. The summed E-state index contributed by atoms with van der Waals surface area (Å²) in [6.45, 7) is 5.45. The molecular weight excluding hydrogens is 478 g/mol. The van der Waals surface area contributed by atoms with Crippen LogP contribution in [-0.4, -0.2) is 41.0 Å². The second kappa shape index (κ2) is 12.0. The Morgan fingerprint density at radius 1 is 1.05 bits per heavy atom. The highest BCUT2D eigenvalue weighted by atomic mass is 19.1. The van der Waals surface area contributed by atoms with E-state index in [9.17, 15) is 23.9 Å². The average Bonchev–Trinajstić information content (AvgIpc) is 2.88. The molecule has 3 aromatic carbocycles. The molecule has 0 aliphatic carbocycles. The van der Waals surface area contributed by atoms with E-state index in [0.717, 1.165) is 11.1 Å². The van der Waals surface area contributed by atoms with E-state index in [1.54, 1.807) is 37.3 Å². The van der Waals surface area contributed by atoms with E-state index in [1.807, 2.05) is 13.8 Å². The van der Waals surface area contributed by atoms with Crippen LogP contribution in [0.4, 0.5) is 8.78 Å². The van der Waals surface area contributed by atoms with Crippen LogP contribution in [0, 0.1) is 23.0 Å². The molecule has 37 heavy (non-hydrogen) atoms. The molecule has 3 N–H and O–H groups in total. The summed E-state index contributed by atoms with van der Waals surface area (Å²) in [5, 5.41) is 32.2. The van der Waals surface area contributed by atoms with Crippen molar-refractivity contribution in [2.24, 2.45) is 0 Å². The van der Waals surface area contributed by atoms with E-state index in [0.29, 0.717) is 17.5 Å². The maximum atomic E-state index is 14.4. The number of carboxylic acid groups (broad SMARTS) is 1. The van der Waals surface area contributed by atoms with Gasteiger partial charge in [0.15, 0.2) is 0 Å². The molecule has 0 heterocycles. The second-order valence-corrected chi connectivity index (χ2v) is 9.50. The summed E-state index contributed by atoms with van der Waals surface area (Å²) in [7, 11) is 0. The van der Waals surface area contributed by atoms with Gasteiger partial charge in [0.25, 0.3) is 0 Å². The molecule has 0 amide bonds. The highest BCUT2D eigenvalue weighted by Gasteiger charge is 2.22. The molecule has 0 saturated heterocycles. The first-order valence-corrected chi connectivity index (χ1v) is 11.9. The van der Waals surface area contributed by atoms with Crippen molar-refractivity contribution in [1.82, 2.24) is 5.32 Å². The van der Waals surface area contributed by atoms with E-state index >= 15 is 0 Å². The molecule has 0 radical (unpaired) electrons. The number of nitrogens with zero attached hydrogens (tertiary/aromatic N) is 1. The fourth-order valence-electron chi connectivity index (χ4n) is 3.93. The van der Waals surface area contributed by atoms with Crippen LogP contribution < -0.4 is 10.1 Å². The zero-order chi connectivity index (χ0) is 27.2. The third kappa shape index (κ3) is 7.35. The molecule has 0 aliphatic rings. The molecule has 1 atom stereocenters. The Balaban J connectivity index is 1.62. The van der Waals surface area contributed by atoms with Gasteiger partial charge in [0, 0.05) is 12.1 Å². The first kappa shape index (κ1) is 27.8. The first-order chi connectivity index (χ1) is 17.5. The Bertz CT molecular complexity index is 1300. The second-order valence-electron chi connectivity index (χ2n) is 9.50. The van der Waals surface area contributed by atoms with Crippen molar-refractivity contribution in [3.05, 3.63) is 88.5 Å². The van der Waals surface area contributed by atoms with Gasteiger partial charge in [-0.05, 0) is 85.3 Å². The van der Waals surface area contributed by atoms with Crippen LogP contribution in [0.25, 0.3) is 11.1 Å². The normalized spacial score (nSPS) is 12.1. The number of β-amino-alcohol motifs (C(OH)–C–C–N with tert-alkyl or cyclic N) is 1. The van der Waals surface area contributed by atoms with Crippen LogP contribution in [0.1, 0.15) is 47.8 Å². The highest BCUT2D eigenvalue weighted by molar-refractivity contribution is 5.88. The number of carboxylic acids is 1. The minimum Gasteiger partial charge on any atom is -0.489 e. The van der Waals surface area contributed by atoms with Crippen molar-refractivity contribution in [1.29, 1.82) is 5.26 Å². The first-order valence-electron chi connectivity index (χ1n) is 11.9. The zero-order valence-electron chi connectivity index (χ0n) is 21.0. The summed E-state index contributed by atoms with van der Waals surface area (Å²) in [5.41, 5.74) is 1.88. The number of hydrogen-bond acceptors (Lipinski definition) is 5. The lowest BCUT2D eigenvalue weighted by Crippen LogP contribution is -2.46. The summed E-state index contributed by atoms with van der Waals surface area (Å²) < 4.78 is 34.3. The molecule has 6 nitrogen and oxygen atoms in total. The maximum absolute atomic E-state index is 14.4. The number of benzene rings is 3. The van der Waals surface area contributed by atoms with E-state index in [2.05, 4.69) is 11.4 Å². The molecule has 8 heteroatoms. The Hall–Kier alpha value is -3.80. The number of rotatable bonds is 11. The van der Waals surface area contributed by atoms with Gasteiger partial charge in [-0.25, -0.2) is 13.6 Å². The number of aryl methyl sites for hydroxylation is 1. The Morgan fingerprint density at radius 3 is 2.30 bits per heavy atom. The smallest absolute Gasteiger partial charge is 0.335 e. The fraction of sp³-hybridized carbons (Fsp3) is 0.310. The summed E-state index contributed by atoms with van der Waals surface area (Å²) in [6, 6.07) is 15.8.